The van der Waals surface area contributed by atoms with Crippen molar-refractivity contribution in [2.75, 3.05) is 11.9 Å². The number of anilines is 1. The highest BCUT2D eigenvalue weighted by molar-refractivity contribution is 5.85. The van der Waals surface area contributed by atoms with Crippen molar-refractivity contribution < 1.29 is 5.11 Å². The van der Waals surface area contributed by atoms with Crippen LogP contribution in [-0.2, 0) is 7.05 Å². The van der Waals surface area contributed by atoms with E-state index in [4.69, 9.17) is 0 Å². The van der Waals surface area contributed by atoms with Crippen molar-refractivity contribution in [2.45, 2.75) is 33.3 Å². The number of nitrogens with zero attached hydrogens (tertiary/aromatic N) is 4. The number of fused-ring (bicyclic) bond motifs is 1. The van der Waals surface area contributed by atoms with Crippen LogP contribution >= 0.6 is 0 Å². The topological polar surface area (TPSA) is 75.9 Å². The highest BCUT2D eigenvalue weighted by Crippen LogP contribution is 2.24. The molecule has 6 nitrogen and oxygen atoms in total. The summed E-state index contributed by atoms with van der Waals surface area (Å²) in [6, 6.07) is 0. The van der Waals surface area contributed by atoms with Gasteiger partial charge in [0, 0.05) is 19.8 Å². The van der Waals surface area contributed by atoms with E-state index in [0.717, 1.165) is 24.2 Å². The fourth-order valence-electron chi connectivity index (χ4n) is 2.29. The maximum absolute atomic E-state index is 9.49. The van der Waals surface area contributed by atoms with Crippen molar-refractivity contribution in [3.05, 3.63) is 12.5 Å². The summed E-state index contributed by atoms with van der Waals surface area (Å²) in [4.78, 5) is 8.40. The second-order valence-corrected chi connectivity index (χ2v) is 5.83. The molecule has 104 valence electrons. The zero-order chi connectivity index (χ0) is 14.0. The molecule has 0 saturated carbocycles. The molecule has 6 heteroatoms. The molecule has 2 aromatic rings. The molecule has 0 aliphatic carbocycles. The Labute approximate surface area is 112 Å². The fraction of sp³-hybridized carbons (Fsp3) is 0.615. The van der Waals surface area contributed by atoms with E-state index in [1.807, 2.05) is 20.2 Å². The molecule has 0 aromatic carbocycles. The van der Waals surface area contributed by atoms with E-state index < -0.39 is 0 Å². The lowest BCUT2D eigenvalue weighted by Crippen LogP contribution is -2.27. The van der Waals surface area contributed by atoms with Gasteiger partial charge in [0.2, 0.25) is 0 Å². The number of nitrogens with one attached hydrogen (secondary N) is 1. The van der Waals surface area contributed by atoms with Gasteiger partial charge in [0.1, 0.15) is 12.1 Å². The largest absolute Gasteiger partial charge is 0.393 e. The molecule has 0 radical (unpaired) electrons. The molecule has 0 saturated heterocycles. The minimum atomic E-state index is -0.305. The molecule has 2 heterocycles. The summed E-state index contributed by atoms with van der Waals surface area (Å²) in [7, 11) is 1.86. The van der Waals surface area contributed by atoms with Crippen molar-refractivity contribution in [3.8, 4) is 0 Å². The molecule has 0 aliphatic rings. The first-order valence-corrected chi connectivity index (χ1v) is 6.44. The molecule has 0 fully saturated rings. The van der Waals surface area contributed by atoms with Crippen molar-refractivity contribution in [3.63, 3.8) is 0 Å². The van der Waals surface area contributed by atoms with Crippen LogP contribution in [0.1, 0.15) is 27.2 Å². The number of aliphatic hydroxyl groups excluding tert-OH is 1. The molecule has 1 unspecified atom stereocenters. The maximum Gasteiger partial charge on any atom is 0.186 e. The monoisotopic (exact) mass is 263 g/mol. The highest BCUT2D eigenvalue weighted by Gasteiger charge is 2.20. The van der Waals surface area contributed by atoms with Crippen LogP contribution in [0.5, 0.6) is 0 Å². The second-order valence-electron chi connectivity index (χ2n) is 5.83. The van der Waals surface area contributed by atoms with Gasteiger partial charge in [0.05, 0.1) is 11.5 Å². The quantitative estimate of drug-likeness (QED) is 0.856. The van der Waals surface area contributed by atoms with Crippen LogP contribution in [-0.4, -0.2) is 37.5 Å². The number of aliphatic hydroxyl groups is 1. The number of aromatic nitrogens is 4. The molecule has 0 aliphatic heterocycles. The normalized spacial score (nSPS) is 13.7. The third kappa shape index (κ3) is 3.41. The minimum absolute atomic E-state index is 0.00630. The van der Waals surface area contributed by atoms with Crippen LogP contribution in [0.4, 0.5) is 5.82 Å². The van der Waals surface area contributed by atoms with Gasteiger partial charge in [-0.05, 0) is 18.8 Å². The first-order valence-electron chi connectivity index (χ1n) is 6.44. The van der Waals surface area contributed by atoms with E-state index >= 15 is 0 Å². The summed E-state index contributed by atoms with van der Waals surface area (Å²) in [5.74, 6) is 0.789. The van der Waals surface area contributed by atoms with Gasteiger partial charge in [0.25, 0.3) is 0 Å². The van der Waals surface area contributed by atoms with Crippen LogP contribution < -0.4 is 5.32 Å². The van der Waals surface area contributed by atoms with Gasteiger partial charge in [-0.15, -0.1) is 0 Å². The Morgan fingerprint density at radius 1 is 1.42 bits per heavy atom. The summed E-state index contributed by atoms with van der Waals surface area (Å²) < 4.78 is 1.73. The number of aryl methyl sites for hydroxylation is 1. The Balaban J connectivity index is 2.13. The second kappa shape index (κ2) is 5.13. The van der Waals surface area contributed by atoms with Gasteiger partial charge in [-0.2, -0.15) is 5.10 Å². The van der Waals surface area contributed by atoms with Crippen LogP contribution in [0.3, 0.4) is 0 Å². The van der Waals surface area contributed by atoms with E-state index in [1.165, 1.54) is 6.33 Å². The molecule has 0 bridgehead atoms. The average Bonchev–Trinajstić information content (AvgIpc) is 2.65. The van der Waals surface area contributed by atoms with Gasteiger partial charge in [-0.3, -0.25) is 4.68 Å². The average molecular weight is 263 g/mol. The minimum Gasteiger partial charge on any atom is -0.393 e. The summed E-state index contributed by atoms with van der Waals surface area (Å²) in [5.41, 5.74) is 0.682. The Bertz CT molecular complexity index is 561. The van der Waals surface area contributed by atoms with E-state index in [2.05, 4.69) is 34.2 Å². The van der Waals surface area contributed by atoms with Crippen LogP contribution in [0, 0.1) is 5.41 Å². The van der Waals surface area contributed by atoms with Crippen molar-refractivity contribution in [2.24, 2.45) is 12.5 Å². The van der Waals surface area contributed by atoms with E-state index in [0.29, 0.717) is 5.65 Å². The van der Waals surface area contributed by atoms with Crippen molar-refractivity contribution >= 4 is 16.9 Å². The Morgan fingerprint density at radius 3 is 2.84 bits per heavy atom. The number of hydrogen-bond donors (Lipinski definition) is 2. The molecule has 0 spiro atoms. The summed E-state index contributed by atoms with van der Waals surface area (Å²) >= 11 is 0. The Hall–Kier alpha value is -1.69. The lowest BCUT2D eigenvalue weighted by atomic mass is 9.87. The van der Waals surface area contributed by atoms with Gasteiger partial charge in [-0.25, -0.2) is 9.97 Å². The highest BCUT2D eigenvalue weighted by atomic mass is 16.3. The number of hydrogen-bond acceptors (Lipinski definition) is 5. The predicted octanol–water partition coefficient (Wildman–Crippen LogP) is 1.57. The predicted molar refractivity (Wildman–Crippen MR) is 74.9 cm³/mol. The van der Waals surface area contributed by atoms with Gasteiger partial charge >= 0.3 is 0 Å². The summed E-state index contributed by atoms with van der Waals surface area (Å²) in [6.07, 6.45) is 3.85. The standard InChI is InChI=1S/C13H21N5O/c1-9(19)5-13(2,3)7-14-11-10-6-18(4)17-12(10)16-8-15-11/h6,8-9,19H,5,7H2,1-4H3,(H,14,15,16,17). The first kappa shape index (κ1) is 13.7. The molecular weight excluding hydrogens is 242 g/mol. The molecule has 1 atom stereocenters. The van der Waals surface area contributed by atoms with E-state index in [-0.39, 0.29) is 11.5 Å². The van der Waals surface area contributed by atoms with Crippen LogP contribution in [0.2, 0.25) is 0 Å². The zero-order valence-electron chi connectivity index (χ0n) is 11.9. The van der Waals surface area contributed by atoms with Crippen LogP contribution in [0.15, 0.2) is 12.5 Å². The summed E-state index contributed by atoms with van der Waals surface area (Å²) in [5, 5.41) is 18.0. The van der Waals surface area contributed by atoms with Gasteiger partial charge < -0.3 is 10.4 Å². The number of rotatable bonds is 5. The van der Waals surface area contributed by atoms with E-state index in [9.17, 15) is 5.11 Å². The van der Waals surface area contributed by atoms with Crippen molar-refractivity contribution in [1.82, 2.24) is 19.7 Å². The SMILES string of the molecule is CC(O)CC(C)(C)CNc1ncnc2nn(C)cc12. The summed E-state index contributed by atoms with van der Waals surface area (Å²) in [6.45, 7) is 6.79. The van der Waals surface area contributed by atoms with Gasteiger partial charge in [-0.1, -0.05) is 13.8 Å². The third-order valence-corrected chi connectivity index (χ3v) is 3.01. The molecule has 2 rings (SSSR count). The zero-order valence-corrected chi connectivity index (χ0v) is 11.9. The smallest absolute Gasteiger partial charge is 0.186 e. The lowest BCUT2D eigenvalue weighted by molar-refractivity contribution is 0.135. The fourth-order valence-corrected chi connectivity index (χ4v) is 2.29. The first-order chi connectivity index (χ1) is 8.87. The lowest BCUT2D eigenvalue weighted by Gasteiger charge is -2.26. The molecular formula is C13H21N5O. The molecule has 19 heavy (non-hydrogen) atoms. The molecule has 2 aromatic heterocycles. The third-order valence-electron chi connectivity index (χ3n) is 3.01. The van der Waals surface area contributed by atoms with Gasteiger partial charge in [0.15, 0.2) is 5.65 Å². The Kier molecular flexibility index (Phi) is 3.71. The van der Waals surface area contributed by atoms with E-state index in [1.54, 1.807) is 4.68 Å². The molecule has 0 amide bonds. The van der Waals surface area contributed by atoms with Crippen molar-refractivity contribution in [1.29, 1.82) is 0 Å². The maximum atomic E-state index is 9.49. The Morgan fingerprint density at radius 2 is 2.16 bits per heavy atom. The van der Waals surface area contributed by atoms with Crippen LogP contribution in [0.25, 0.3) is 11.0 Å². The molecule has 2 N–H and O–H groups in total.